The van der Waals surface area contributed by atoms with Crippen LogP contribution < -0.4 is 4.74 Å². The molecule has 1 aromatic rings. The Morgan fingerprint density at radius 3 is 1.97 bits per heavy atom. The number of hydrogen-bond acceptors (Lipinski definition) is 5. The van der Waals surface area contributed by atoms with Crippen molar-refractivity contribution < 1.29 is 27.9 Å². The lowest BCUT2D eigenvalue weighted by molar-refractivity contribution is -0.870. The molecule has 0 aliphatic rings. The number of methoxy groups -OCH3 is 1. The van der Waals surface area contributed by atoms with Crippen molar-refractivity contribution in [1.29, 1.82) is 0 Å². The molecule has 0 aliphatic carbocycles. The van der Waals surface area contributed by atoms with E-state index in [1.807, 2.05) is 12.1 Å². The second-order valence-corrected chi connectivity index (χ2v) is 11.8. The number of benzene rings is 1. The van der Waals surface area contributed by atoms with E-state index in [0.717, 1.165) is 23.2 Å². The highest BCUT2D eigenvalue weighted by Crippen LogP contribution is 2.33. The molecule has 1 N–H and O–H groups in total. The minimum absolute atomic E-state index is 0.226. The van der Waals surface area contributed by atoms with Crippen LogP contribution in [-0.4, -0.2) is 70.1 Å². The summed E-state index contributed by atoms with van der Waals surface area (Å²) < 4.78 is 23.2. The minimum Gasteiger partial charge on any atom is -0.491 e. The van der Waals surface area contributed by atoms with Crippen LogP contribution >= 0.6 is 8.60 Å². The van der Waals surface area contributed by atoms with Crippen LogP contribution in [0.25, 0.3) is 0 Å². The van der Waals surface area contributed by atoms with Gasteiger partial charge in [0, 0.05) is 7.11 Å². The van der Waals surface area contributed by atoms with Crippen LogP contribution in [0.2, 0.25) is 0 Å². The monoisotopic (exact) mass is 528 g/mol. The van der Waals surface area contributed by atoms with Gasteiger partial charge in [0.1, 0.15) is 31.6 Å². The Hall–Kier alpha value is -0.750. The summed E-state index contributed by atoms with van der Waals surface area (Å²) in [5.41, 5.74) is 1.24. The van der Waals surface area contributed by atoms with Gasteiger partial charge in [-0.15, -0.1) is 0 Å². The lowest BCUT2D eigenvalue weighted by Gasteiger charge is -2.24. The second-order valence-electron chi connectivity index (χ2n) is 10.8. The Morgan fingerprint density at radius 1 is 0.806 bits per heavy atom. The highest BCUT2D eigenvalue weighted by Gasteiger charge is 2.16. The highest BCUT2D eigenvalue weighted by molar-refractivity contribution is 7.40. The van der Waals surface area contributed by atoms with Gasteiger partial charge in [-0.2, -0.15) is 0 Å². The fourth-order valence-electron chi connectivity index (χ4n) is 3.95. The molecule has 0 spiro atoms. The van der Waals surface area contributed by atoms with Crippen LogP contribution in [0.1, 0.15) is 89.5 Å². The molecule has 6 nitrogen and oxygen atoms in total. The quantitative estimate of drug-likeness (QED) is 0.0868. The van der Waals surface area contributed by atoms with Gasteiger partial charge in [0.25, 0.3) is 0 Å². The van der Waals surface area contributed by atoms with E-state index in [1.54, 1.807) is 7.11 Å². The average molecular weight is 529 g/mol. The third kappa shape index (κ3) is 18.5. The van der Waals surface area contributed by atoms with Crippen LogP contribution in [0, 0.1) is 0 Å². The van der Waals surface area contributed by atoms with E-state index in [9.17, 15) is 4.89 Å². The van der Waals surface area contributed by atoms with E-state index < -0.39 is 8.60 Å². The first kappa shape index (κ1) is 33.3. The predicted octanol–water partition coefficient (Wildman–Crippen LogP) is 7.28. The number of quaternary nitrogens is 1. The van der Waals surface area contributed by atoms with Crippen LogP contribution in [0.5, 0.6) is 5.75 Å². The molecule has 36 heavy (non-hydrogen) atoms. The molecule has 2 unspecified atom stereocenters. The molecule has 0 radical (unpaired) electrons. The topological polar surface area (TPSA) is 57.2 Å². The number of unbranched alkanes of at least 4 members (excludes halogenated alkanes) is 11. The number of para-hydroxylation sites is 1. The van der Waals surface area contributed by atoms with E-state index >= 15 is 0 Å². The molecule has 1 rings (SSSR count). The van der Waals surface area contributed by atoms with Crippen molar-refractivity contribution in [2.45, 2.75) is 96.5 Å². The second kappa shape index (κ2) is 21.2. The minimum atomic E-state index is -1.91. The zero-order chi connectivity index (χ0) is 26.5. The molecule has 0 saturated heterocycles. The van der Waals surface area contributed by atoms with Crippen molar-refractivity contribution in [1.82, 2.24) is 0 Å². The normalized spacial score (nSPS) is 13.6. The summed E-state index contributed by atoms with van der Waals surface area (Å²) in [7, 11) is 5.97. The maximum Gasteiger partial charge on any atom is 0.330 e. The highest BCUT2D eigenvalue weighted by atomic mass is 31.2. The molecule has 0 aliphatic heterocycles. The summed E-state index contributed by atoms with van der Waals surface area (Å²) in [6.07, 6.45) is 17.1. The largest absolute Gasteiger partial charge is 0.491 e. The molecule has 0 aromatic heterocycles. The van der Waals surface area contributed by atoms with Crippen LogP contribution in [0.3, 0.4) is 0 Å². The Balaban J connectivity index is 2.21. The summed E-state index contributed by atoms with van der Waals surface area (Å²) in [5.74, 6) is 0.910. The smallest absolute Gasteiger partial charge is 0.330 e. The van der Waals surface area contributed by atoms with Gasteiger partial charge >= 0.3 is 8.60 Å². The molecular weight excluding hydrogens is 473 g/mol. The van der Waals surface area contributed by atoms with Gasteiger partial charge in [0.2, 0.25) is 0 Å². The number of ether oxygens (including phenoxy) is 2. The molecule has 2 atom stereocenters. The summed E-state index contributed by atoms with van der Waals surface area (Å²) in [6, 6.07) is 8.26. The van der Waals surface area contributed by atoms with E-state index in [4.69, 9.17) is 18.5 Å². The summed E-state index contributed by atoms with van der Waals surface area (Å²) in [6.45, 7) is 4.12. The van der Waals surface area contributed by atoms with Crippen LogP contribution in [0.15, 0.2) is 24.3 Å². The van der Waals surface area contributed by atoms with Crippen molar-refractivity contribution in [3.8, 4) is 5.75 Å². The molecular formula is C29H55NO5P+. The van der Waals surface area contributed by atoms with Crippen molar-refractivity contribution in [2.75, 3.05) is 54.6 Å². The Bertz CT molecular complexity index is 640. The van der Waals surface area contributed by atoms with Gasteiger partial charge < -0.3 is 27.9 Å². The van der Waals surface area contributed by atoms with E-state index in [2.05, 4.69) is 40.2 Å². The van der Waals surface area contributed by atoms with Gasteiger partial charge in [-0.3, -0.25) is 0 Å². The fourth-order valence-corrected chi connectivity index (χ4v) is 4.56. The lowest BCUT2D eigenvalue weighted by atomic mass is 10.0. The zero-order valence-corrected chi connectivity index (χ0v) is 24.8. The molecule has 0 amide bonds. The molecule has 1 aromatic carbocycles. The SMILES string of the molecule is CCCCCCCCCCCCCCc1ccccc1OCC(COP(O)OCC[N+](C)(C)C)OC. The van der Waals surface area contributed by atoms with Crippen molar-refractivity contribution in [3.05, 3.63) is 29.8 Å². The van der Waals surface area contributed by atoms with Crippen LogP contribution in [-0.2, 0) is 20.2 Å². The summed E-state index contributed by atoms with van der Waals surface area (Å²) in [5, 5.41) is 0. The van der Waals surface area contributed by atoms with Gasteiger partial charge in [-0.1, -0.05) is 95.8 Å². The fraction of sp³-hybridized carbons (Fsp3) is 0.793. The molecule has 0 fully saturated rings. The van der Waals surface area contributed by atoms with E-state index in [0.29, 0.717) is 13.2 Å². The number of rotatable bonds is 24. The van der Waals surface area contributed by atoms with Crippen molar-refractivity contribution >= 4 is 8.60 Å². The number of aryl methyl sites for hydroxylation is 1. The maximum atomic E-state index is 9.98. The van der Waals surface area contributed by atoms with E-state index in [-0.39, 0.29) is 12.7 Å². The van der Waals surface area contributed by atoms with Crippen molar-refractivity contribution in [3.63, 3.8) is 0 Å². The molecule has 0 bridgehead atoms. The first-order valence-corrected chi connectivity index (χ1v) is 15.3. The first-order valence-electron chi connectivity index (χ1n) is 14.1. The van der Waals surface area contributed by atoms with Gasteiger partial charge in [-0.25, -0.2) is 0 Å². The molecule has 7 heteroatoms. The third-order valence-corrected chi connectivity index (χ3v) is 7.14. The van der Waals surface area contributed by atoms with Gasteiger partial charge in [0.05, 0.1) is 27.7 Å². The summed E-state index contributed by atoms with van der Waals surface area (Å²) in [4.78, 5) is 9.98. The molecule has 210 valence electrons. The Morgan fingerprint density at radius 2 is 1.39 bits per heavy atom. The third-order valence-electron chi connectivity index (χ3n) is 6.37. The number of likely N-dealkylation sites (N-methyl/N-ethyl adjacent to an activating group) is 1. The molecule has 0 saturated carbocycles. The zero-order valence-electron chi connectivity index (χ0n) is 23.9. The number of hydrogen-bond donors (Lipinski definition) is 1. The van der Waals surface area contributed by atoms with Crippen LogP contribution in [0.4, 0.5) is 0 Å². The standard InChI is InChI=1S/C29H55NO5P/c1-6-7-8-9-10-11-12-13-14-15-16-17-20-27-21-18-19-22-29(27)33-25-28(32-5)26-35-36(31)34-24-23-30(2,3)4/h18-19,21-22,28,31H,6-17,20,23-26H2,1-5H3/q+1. The lowest BCUT2D eigenvalue weighted by Crippen LogP contribution is -2.37. The summed E-state index contributed by atoms with van der Waals surface area (Å²) >= 11 is 0. The average Bonchev–Trinajstić information content (AvgIpc) is 2.84. The number of nitrogens with zero attached hydrogens (tertiary/aromatic N) is 1. The first-order chi connectivity index (χ1) is 17.4. The Labute approximate surface area is 223 Å². The predicted molar refractivity (Wildman–Crippen MR) is 151 cm³/mol. The van der Waals surface area contributed by atoms with Gasteiger partial charge in [0.15, 0.2) is 0 Å². The van der Waals surface area contributed by atoms with Gasteiger partial charge in [-0.05, 0) is 24.5 Å². The Kier molecular flexibility index (Phi) is 19.6. The van der Waals surface area contributed by atoms with E-state index in [1.165, 1.54) is 82.6 Å². The van der Waals surface area contributed by atoms with Crippen molar-refractivity contribution in [2.24, 2.45) is 0 Å². The maximum absolute atomic E-state index is 9.98. The molecule has 0 heterocycles.